The summed E-state index contributed by atoms with van der Waals surface area (Å²) in [5.41, 5.74) is -1.79. The summed E-state index contributed by atoms with van der Waals surface area (Å²) in [6.45, 7) is 6.02. The van der Waals surface area contributed by atoms with Gasteiger partial charge in [0.25, 0.3) is 0 Å². The van der Waals surface area contributed by atoms with E-state index in [0.29, 0.717) is 34.4 Å². The molecule has 1 fully saturated rings. The van der Waals surface area contributed by atoms with Crippen LogP contribution in [0.3, 0.4) is 0 Å². The lowest BCUT2D eigenvalue weighted by molar-refractivity contribution is -0.137. The summed E-state index contributed by atoms with van der Waals surface area (Å²) in [6, 6.07) is 9.92. The van der Waals surface area contributed by atoms with Crippen LogP contribution in [0.25, 0.3) is 11.1 Å². The molecule has 190 valence electrons. The molecule has 3 heterocycles. The number of anilines is 2. The summed E-state index contributed by atoms with van der Waals surface area (Å²) < 4.78 is 39.1. The van der Waals surface area contributed by atoms with Gasteiger partial charge in [0.05, 0.1) is 29.4 Å². The van der Waals surface area contributed by atoms with Gasteiger partial charge in [0.1, 0.15) is 17.3 Å². The van der Waals surface area contributed by atoms with Crippen molar-refractivity contribution in [2.45, 2.75) is 30.3 Å². The minimum absolute atomic E-state index is 0.139. The van der Waals surface area contributed by atoms with Crippen molar-refractivity contribution in [2.24, 2.45) is 0 Å². The van der Waals surface area contributed by atoms with Gasteiger partial charge in [-0.15, -0.1) is 0 Å². The summed E-state index contributed by atoms with van der Waals surface area (Å²) in [5, 5.41) is 24.5. The average Bonchev–Trinajstić information content (AvgIpc) is 3.07. The Morgan fingerprint density at radius 3 is 2.46 bits per heavy atom. The first kappa shape index (κ1) is 26.6. The molecule has 14 heteroatoms. The van der Waals surface area contributed by atoms with Crippen molar-refractivity contribution < 1.29 is 23.4 Å². The fraction of sp³-hybridized carbons (Fsp3) is 0.261. The number of nitrogens with zero attached hydrogens (tertiary/aromatic N) is 5. The van der Waals surface area contributed by atoms with Crippen molar-refractivity contribution >= 4 is 35.3 Å². The fourth-order valence-electron chi connectivity index (χ4n) is 4.52. The molecule has 0 amide bonds. The van der Waals surface area contributed by atoms with Crippen molar-refractivity contribution in [1.29, 1.82) is 0 Å². The third kappa shape index (κ3) is 5.59. The Bertz CT molecular complexity index is 1300. The smallest absolute Gasteiger partial charge is 0.388 e. The molecule has 3 N–H and O–H groups in total. The summed E-state index contributed by atoms with van der Waals surface area (Å²) in [5.74, 6) is 1.18. The van der Waals surface area contributed by atoms with Crippen LogP contribution in [0.1, 0.15) is 24.2 Å². The number of β-amino-alcohol motifs (C(OH)–C–C–N with tert-alkyl or cyclic N) is 1. The van der Waals surface area contributed by atoms with E-state index in [4.69, 9.17) is 0 Å². The average molecular weight is 508 g/mol. The SMILES string of the molecule is BC(B)(O)N1C(=C)N(c2ccnc(NC(C)c3ccc(-c4cccc(C(F)(F)F)c4)cn3)n2)CC1(B)O. The lowest BCUT2D eigenvalue weighted by atomic mass is 9.69. The number of pyridine rings is 1. The Morgan fingerprint density at radius 1 is 1.14 bits per heavy atom. The van der Waals surface area contributed by atoms with Gasteiger partial charge in [-0.3, -0.25) is 4.98 Å². The molecule has 1 aliphatic heterocycles. The molecule has 37 heavy (non-hydrogen) atoms. The standard InChI is InChI=1S/C23H26B3F3N6O2/c1-13(18-7-6-16(11-31-18)15-4-3-5-17(10-15)22(27,28)29)32-20-30-9-8-19(33-20)34-12-21(24,36)35(14(34)2)23(25,26)37/h3-11,13,36-37H,2,12,24-26H2,1H3,(H,30,32,33). The van der Waals surface area contributed by atoms with Gasteiger partial charge in [0, 0.05) is 18.0 Å². The van der Waals surface area contributed by atoms with Gasteiger partial charge in [-0.1, -0.05) is 24.8 Å². The third-order valence-corrected chi connectivity index (χ3v) is 6.07. The second-order valence-corrected chi connectivity index (χ2v) is 9.70. The number of hydrogen-bond donors (Lipinski definition) is 3. The molecule has 2 atom stereocenters. The van der Waals surface area contributed by atoms with Gasteiger partial charge in [0.15, 0.2) is 23.5 Å². The van der Waals surface area contributed by atoms with E-state index in [2.05, 4.69) is 26.8 Å². The van der Waals surface area contributed by atoms with Gasteiger partial charge in [0.2, 0.25) is 5.95 Å². The van der Waals surface area contributed by atoms with Crippen molar-refractivity contribution in [2.75, 3.05) is 16.8 Å². The maximum Gasteiger partial charge on any atom is 0.416 e. The van der Waals surface area contributed by atoms with Gasteiger partial charge < -0.3 is 25.3 Å². The van der Waals surface area contributed by atoms with Crippen molar-refractivity contribution in [3.05, 3.63) is 78.5 Å². The summed E-state index contributed by atoms with van der Waals surface area (Å²) in [7, 11) is 4.72. The summed E-state index contributed by atoms with van der Waals surface area (Å²) in [4.78, 5) is 16.3. The van der Waals surface area contributed by atoms with Crippen LogP contribution in [0.5, 0.6) is 0 Å². The Hall–Kier alpha value is -3.51. The van der Waals surface area contributed by atoms with Crippen LogP contribution in [0, 0.1) is 0 Å². The lowest BCUT2D eigenvalue weighted by Crippen LogP contribution is -2.59. The highest BCUT2D eigenvalue weighted by Gasteiger charge is 2.47. The first-order valence-electron chi connectivity index (χ1n) is 11.6. The topological polar surface area (TPSA) is 97.6 Å². The molecule has 1 aliphatic rings. The van der Waals surface area contributed by atoms with Crippen molar-refractivity contribution in [1.82, 2.24) is 19.9 Å². The van der Waals surface area contributed by atoms with Crippen LogP contribution in [0.2, 0.25) is 0 Å². The maximum absolute atomic E-state index is 13.0. The van der Waals surface area contributed by atoms with Crippen LogP contribution in [-0.4, -0.2) is 71.3 Å². The zero-order chi connectivity index (χ0) is 27.2. The van der Waals surface area contributed by atoms with E-state index >= 15 is 0 Å². The van der Waals surface area contributed by atoms with E-state index in [9.17, 15) is 23.4 Å². The predicted octanol–water partition coefficient (Wildman–Crippen LogP) is 0.473. The Balaban J connectivity index is 1.50. The Morgan fingerprint density at radius 2 is 1.86 bits per heavy atom. The quantitative estimate of drug-likeness (QED) is 0.414. The molecule has 0 spiro atoms. The number of aliphatic hydroxyl groups is 2. The van der Waals surface area contributed by atoms with Crippen molar-refractivity contribution in [3.63, 3.8) is 0 Å². The molecule has 2 unspecified atom stereocenters. The van der Waals surface area contributed by atoms with E-state index in [1.54, 1.807) is 58.9 Å². The molecule has 0 radical (unpaired) electrons. The number of halogens is 3. The number of hydrogen-bond acceptors (Lipinski definition) is 8. The van der Waals surface area contributed by atoms with Crippen LogP contribution in [0.15, 0.2) is 67.3 Å². The van der Waals surface area contributed by atoms with E-state index in [-0.39, 0.29) is 12.6 Å². The minimum Gasteiger partial charge on any atom is -0.388 e. The number of benzene rings is 1. The molecule has 0 bridgehead atoms. The largest absolute Gasteiger partial charge is 0.416 e. The Kier molecular flexibility index (Phi) is 6.76. The number of rotatable bonds is 6. The molecule has 3 aromatic rings. The van der Waals surface area contributed by atoms with E-state index < -0.39 is 22.9 Å². The number of alkyl halides is 3. The molecule has 2 aromatic heterocycles. The van der Waals surface area contributed by atoms with E-state index in [1.807, 2.05) is 6.92 Å². The molecular weight excluding hydrogens is 482 g/mol. The molecule has 1 saturated heterocycles. The second kappa shape index (κ2) is 9.42. The summed E-state index contributed by atoms with van der Waals surface area (Å²) in [6.07, 6.45) is -1.32. The Labute approximate surface area is 215 Å². The molecule has 0 aliphatic carbocycles. The van der Waals surface area contributed by atoms with E-state index in [0.717, 1.165) is 12.1 Å². The van der Waals surface area contributed by atoms with E-state index in [1.165, 1.54) is 17.2 Å². The van der Waals surface area contributed by atoms with Crippen LogP contribution in [-0.2, 0) is 6.18 Å². The normalized spacial score (nSPS) is 19.2. The minimum atomic E-state index is -4.42. The maximum atomic E-state index is 13.0. The second-order valence-electron chi connectivity index (χ2n) is 9.70. The van der Waals surface area contributed by atoms with Gasteiger partial charge in [-0.05, 0) is 36.8 Å². The monoisotopic (exact) mass is 508 g/mol. The first-order chi connectivity index (χ1) is 17.2. The van der Waals surface area contributed by atoms with Gasteiger partial charge in [-0.25, -0.2) is 4.98 Å². The highest BCUT2D eigenvalue weighted by atomic mass is 19.4. The molecule has 1 aromatic carbocycles. The fourth-order valence-corrected chi connectivity index (χ4v) is 4.52. The highest BCUT2D eigenvalue weighted by Crippen LogP contribution is 2.35. The molecule has 8 nitrogen and oxygen atoms in total. The highest BCUT2D eigenvalue weighted by molar-refractivity contribution is 6.39. The van der Waals surface area contributed by atoms with Crippen LogP contribution >= 0.6 is 0 Å². The summed E-state index contributed by atoms with van der Waals surface area (Å²) >= 11 is 0. The predicted molar refractivity (Wildman–Crippen MR) is 143 cm³/mol. The molecule has 4 rings (SSSR count). The van der Waals surface area contributed by atoms with Crippen LogP contribution < -0.4 is 10.2 Å². The zero-order valence-corrected chi connectivity index (χ0v) is 21.0. The van der Waals surface area contributed by atoms with Gasteiger partial charge in [-0.2, -0.15) is 18.2 Å². The third-order valence-electron chi connectivity index (χ3n) is 6.07. The number of aromatic nitrogens is 3. The molecule has 0 saturated carbocycles. The van der Waals surface area contributed by atoms with Crippen LogP contribution in [0.4, 0.5) is 24.9 Å². The number of nitrogens with one attached hydrogen (secondary N) is 1. The zero-order valence-electron chi connectivity index (χ0n) is 21.0. The lowest BCUT2D eigenvalue weighted by Gasteiger charge is -2.41. The van der Waals surface area contributed by atoms with Crippen molar-refractivity contribution in [3.8, 4) is 11.1 Å². The first-order valence-corrected chi connectivity index (χ1v) is 11.6. The van der Waals surface area contributed by atoms with Gasteiger partial charge >= 0.3 is 6.18 Å². The molecular formula is C23H26B3F3N6O2.